The van der Waals surface area contributed by atoms with E-state index in [1.54, 1.807) is 0 Å². The summed E-state index contributed by atoms with van der Waals surface area (Å²) in [7, 11) is 0. The summed E-state index contributed by atoms with van der Waals surface area (Å²) in [5.74, 6) is 2.04. The van der Waals surface area contributed by atoms with Crippen molar-refractivity contribution in [1.29, 1.82) is 0 Å². The molecule has 1 atom stereocenters. The highest BCUT2D eigenvalue weighted by molar-refractivity contribution is 9.09. The maximum Gasteiger partial charge on any atom is 0.122 e. The molecule has 1 nitrogen and oxygen atoms in total. The predicted octanol–water partition coefficient (Wildman–Crippen LogP) is 4.25. The standard InChI is InChI=1S/C14H17BrO/c15-13(8-10-2-1-3-10)11-4-5-14-12(9-11)6-7-16-14/h4-5,9-10,13H,1-3,6-8H2. The summed E-state index contributed by atoms with van der Waals surface area (Å²) in [5, 5.41) is 0. The van der Waals surface area contributed by atoms with E-state index in [0.717, 1.165) is 24.7 Å². The maximum absolute atomic E-state index is 5.53. The van der Waals surface area contributed by atoms with E-state index in [-0.39, 0.29) is 0 Å². The SMILES string of the molecule is BrC(CC1CCC1)c1ccc2c(c1)CCO2. The number of hydrogen-bond acceptors (Lipinski definition) is 1. The molecule has 1 aliphatic heterocycles. The first-order valence-corrected chi connectivity index (χ1v) is 7.14. The van der Waals surface area contributed by atoms with Crippen LogP contribution in [-0.2, 0) is 6.42 Å². The van der Waals surface area contributed by atoms with Crippen molar-refractivity contribution in [2.24, 2.45) is 5.92 Å². The second kappa shape index (κ2) is 4.40. The van der Waals surface area contributed by atoms with Crippen LogP contribution < -0.4 is 4.74 Å². The Morgan fingerprint density at radius 1 is 1.38 bits per heavy atom. The molecule has 0 radical (unpaired) electrons. The van der Waals surface area contributed by atoms with Crippen LogP contribution in [0.5, 0.6) is 5.75 Å². The molecule has 3 rings (SSSR count). The summed E-state index contributed by atoms with van der Waals surface area (Å²) in [4.78, 5) is 0.531. The average Bonchev–Trinajstić information content (AvgIpc) is 2.69. The second-order valence-electron chi connectivity index (χ2n) is 4.97. The fourth-order valence-electron chi connectivity index (χ4n) is 2.56. The highest BCUT2D eigenvalue weighted by Gasteiger charge is 2.22. The molecule has 0 bridgehead atoms. The lowest BCUT2D eigenvalue weighted by molar-refractivity contribution is 0.295. The van der Waals surface area contributed by atoms with Gasteiger partial charge < -0.3 is 4.74 Å². The van der Waals surface area contributed by atoms with E-state index in [1.807, 2.05) is 0 Å². The summed E-state index contributed by atoms with van der Waals surface area (Å²) in [5.41, 5.74) is 2.81. The Balaban J connectivity index is 1.72. The third kappa shape index (κ3) is 2.00. The Kier molecular flexibility index (Phi) is 2.93. The maximum atomic E-state index is 5.53. The Labute approximate surface area is 105 Å². The van der Waals surface area contributed by atoms with Gasteiger partial charge in [0.05, 0.1) is 6.61 Å². The molecule has 0 aromatic heterocycles. The summed E-state index contributed by atoms with van der Waals surface area (Å²) >= 11 is 3.83. The van der Waals surface area contributed by atoms with Crippen molar-refractivity contribution < 1.29 is 4.74 Å². The molecule has 1 fully saturated rings. The molecule has 1 aliphatic carbocycles. The zero-order chi connectivity index (χ0) is 11.0. The zero-order valence-electron chi connectivity index (χ0n) is 9.42. The Bertz CT molecular complexity index is 384. The molecule has 0 amide bonds. The van der Waals surface area contributed by atoms with Gasteiger partial charge >= 0.3 is 0 Å². The van der Waals surface area contributed by atoms with Crippen molar-refractivity contribution >= 4 is 15.9 Å². The van der Waals surface area contributed by atoms with Crippen molar-refractivity contribution in [2.45, 2.75) is 36.9 Å². The van der Waals surface area contributed by atoms with Gasteiger partial charge in [-0.25, -0.2) is 0 Å². The molecule has 1 aromatic rings. The van der Waals surface area contributed by atoms with E-state index in [2.05, 4.69) is 34.1 Å². The van der Waals surface area contributed by atoms with E-state index in [0.29, 0.717) is 4.83 Å². The largest absolute Gasteiger partial charge is 0.493 e. The number of alkyl halides is 1. The van der Waals surface area contributed by atoms with Gasteiger partial charge in [-0.2, -0.15) is 0 Å². The summed E-state index contributed by atoms with van der Waals surface area (Å²) in [6.45, 7) is 0.856. The Morgan fingerprint density at radius 2 is 2.25 bits per heavy atom. The minimum Gasteiger partial charge on any atom is -0.493 e. The number of fused-ring (bicyclic) bond motifs is 1. The summed E-state index contributed by atoms with van der Waals surface area (Å²) in [6.07, 6.45) is 6.65. The molecule has 0 spiro atoms. The molecule has 0 saturated heterocycles. The van der Waals surface area contributed by atoms with Crippen molar-refractivity contribution in [2.75, 3.05) is 6.61 Å². The van der Waals surface area contributed by atoms with Crippen LogP contribution in [0.4, 0.5) is 0 Å². The molecule has 1 saturated carbocycles. The lowest BCUT2D eigenvalue weighted by atomic mass is 9.81. The van der Waals surface area contributed by atoms with Crippen LogP contribution >= 0.6 is 15.9 Å². The first-order valence-electron chi connectivity index (χ1n) is 6.22. The quantitative estimate of drug-likeness (QED) is 0.753. The highest BCUT2D eigenvalue weighted by atomic mass is 79.9. The predicted molar refractivity (Wildman–Crippen MR) is 69.3 cm³/mol. The second-order valence-corrected chi connectivity index (χ2v) is 6.07. The van der Waals surface area contributed by atoms with Crippen molar-refractivity contribution in [3.8, 4) is 5.75 Å². The third-order valence-electron chi connectivity index (χ3n) is 3.84. The number of rotatable bonds is 3. The van der Waals surface area contributed by atoms with E-state index in [1.165, 1.54) is 36.8 Å². The van der Waals surface area contributed by atoms with Crippen molar-refractivity contribution in [3.05, 3.63) is 29.3 Å². The van der Waals surface area contributed by atoms with Crippen LogP contribution in [0.25, 0.3) is 0 Å². The van der Waals surface area contributed by atoms with Gasteiger partial charge in [0, 0.05) is 11.2 Å². The molecule has 1 unspecified atom stereocenters. The fourth-order valence-corrected chi connectivity index (χ4v) is 3.37. The van der Waals surface area contributed by atoms with Crippen molar-refractivity contribution in [3.63, 3.8) is 0 Å². The lowest BCUT2D eigenvalue weighted by Gasteiger charge is -2.27. The summed E-state index contributed by atoms with van der Waals surface area (Å²) in [6, 6.07) is 6.66. The molecule has 0 N–H and O–H groups in total. The van der Waals surface area contributed by atoms with Gasteiger partial charge in [-0.1, -0.05) is 47.3 Å². The van der Waals surface area contributed by atoms with E-state index in [4.69, 9.17) is 4.74 Å². The molecule has 2 heteroatoms. The van der Waals surface area contributed by atoms with Crippen LogP contribution in [0.15, 0.2) is 18.2 Å². The van der Waals surface area contributed by atoms with Crippen LogP contribution in [0.2, 0.25) is 0 Å². The zero-order valence-corrected chi connectivity index (χ0v) is 11.0. The van der Waals surface area contributed by atoms with Gasteiger partial charge in [0.2, 0.25) is 0 Å². The number of ether oxygens (including phenoxy) is 1. The molecule has 86 valence electrons. The van der Waals surface area contributed by atoms with Crippen LogP contribution in [0.1, 0.15) is 41.6 Å². The molecular formula is C14H17BrO. The lowest BCUT2D eigenvalue weighted by Crippen LogP contribution is -2.12. The molecule has 1 aromatic carbocycles. The first kappa shape index (κ1) is 10.6. The normalized spacial score (nSPS) is 21.1. The van der Waals surface area contributed by atoms with Crippen molar-refractivity contribution in [1.82, 2.24) is 0 Å². The number of hydrogen-bond donors (Lipinski definition) is 0. The van der Waals surface area contributed by atoms with E-state index in [9.17, 15) is 0 Å². The Hall–Kier alpha value is -0.500. The third-order valence-corrected chi connectivity index (χ3v) is 4.74. The van der Waals surface area contributed by atoms with Crippen LogP contribution in [0.3, 0.4) is 0 Å². The van der Waals surface area contributed by atoms with Gasteiger partial charge in [0.1, 0.15) is 5.75 Å². The van der Waals surface area contributed by atoms with Gasteiger partial charge in [0.15, 0.2) is 0 Å². The minimum atomic E-state index is 0.531. The molecule has 1 heterocycles. The minimum absolute atomic E-state index is 0.531. The highest BCUT2D eigenvalue weighted by Crippen LogP contribution is 2.40. The van der Waals surface area contributed by atoms with Gasteiger partial charge in [-0.15, -0.1) is 0 Å². The number of benzene rings is 1. The van der Waals surface area contributed by atoms with Crippen LogP contribution in [-0.4, -0.2) is 6.61 Å². The van der Waals surface area contributed by atoms with Gasteiger partial charge in [-0.3, -0.25) is 0 Å². The average molecular weight is 281 g/mol. The monoisotopic (exact) mass is 280 g/mol. The van der Waals surface area contributed by atoms with Gasteiger partial charge in [-0.05, 0) is 29.5 Å². The molecular weight excluding hydrogens is 264 g/mol. The smallest absolute Gasteiger partial charge is 0.122 e. The molecule has 16 heavy (non-hydrogen) atoms. The fraction of sp³-hybridized carbons (Fsp3) is 0.571. The number of halogens is 1. The van der Waals surface area contributed by atoms with Gasteiger partial charge in [0.25, 0.3) is 0 Å². The van der Waals surface area contributed by atoms with E-state index < -0.39 is 0 Å². The topological polar surface area (TPSA) is 9.23 Å². The summed E-state index contributed by atoms with van der Waals surface area (Å²) < 4.78 is 5.53. The van der Waals surface area contributed by atoms with E-state index >= 15 is 0 Å². The first-order chi connectivity index (χ1) is 7.83. The van der Waals surface area contributed by atoms with Crippen LogP contribution in [0, 0.1) is 5.92 Å². The Morgan fingerprint density at radius 3 is 3.00 bits per heavy atom. The molecule has 2 aliphatic rings.